The molecule has 1 N–H and O–H groups in total. The number of rotatable bonds is 1. The van der Waals surface area contributed by atoms with Crippen molar-refractivity contribution < 1.29 is 19.1 Å². The van der Waals surface area contributed by atoms with Crippen LogP contribution in [-0.2, 0) is 14.3 Å². The van der Waals surface area contributed by atoms with Gasteiger partial charge in [0.2, 0.25) is 0 Å². The molecule has 1 aliphatic rings. The van der Waals surface area contributed by atoms with E-state index in [9.17, 15) is 4.79 Å². The third-order valence-electron chi connectivity index (χ3n) is 3.94. The number of benzene rings is 1. The standard InChI is InChI=1S/C17H23N3O2.CO2/c1-17(2,3)22-16(21)20-10-8-12(9-11-20)15-18-13-6-4-5-7-14(13)19-15;2-1-3/h4-7,12H,8-11H2,1-3H3,(H,18,19);. The van der Waals surface area contributed by atoms with Crippen LogP contribution in [0.25, 0.3) is 11.0 Å². The normalized spacial score (nSPS) is 15.2. The van der Waals surface area contributed by atoms with E-state index in [1.54, 1.807) is 4.90 Å². The smallest absolute Gasteiger partial charge is 0.410 e. The molecule has 0 bridgehead atoms. The minimum Gasteiger partial charge on any atom is -0.444 e. The summed E-state index contributed by atoms with van der Waals surface area (Å²) in [6.07, 6.45) is 1.87. The molecule has 1 aliphatic heterocycles. The predicted molar refractivity (Wildman–Crippen MR) is 90.9 cm³/mol. The summed E-state index contributed by atoms with van der Waals surface area (Å²) in [5.41, 5.74) is 1.64. The van der Waals surface area contributed by atoms with Gasteiger partial charge in [-0.1, -0.05) is 12.1 Å². The topological polar surface area (TPSA) is 92.4 Å². The van der Waals surface area contributed by atoms with Crippen LogP contribution in [-0.4, -0.2) is 45.8 Å². The van der Waals surface area contributed by atoms with Gasteiger partial charge >= 0.3 is 12.2 Å². The number of imidazole rings is 1. The number of likely N-dealkylation sites (tertiary alicyclic amines) is 1. The third kappa shape index (κ3) is 5.16. The predicted octanol–water partition coefficient (Wildman–Crippen LogP) is 3.09. The van der Waals surface area contributed by atoms with E-state index in [0.717, 1.165) is 42.8 Å². The number of aromatic amines is 1. The first-order valence-corrected chi connectivity index (χ1v) is 8.26. The zero-order chi connectivity index (χ0) is 18.4. The molecular formula is C18H23N3O4. The number of piperidine rings is 1. The Balaban J connectivity index is 0.000000701. The first-order chi connectivity index (χ1) is 11.8. The van der Waals surface area contributed by atoms with Crippen molar-refractivity contribution in [2.45, 2.75) is 45.1 Å². The second-order valence-electron chi connectivity index (χ2n) is 6.96. The van der Waals surface area contributed by atoms with Crippen LogP contribution in [0.5, 0.6) is 0 Å². The minimum atomic E-state index is -0.438. The molecule has 3 rings (SSSR count). The van der Waals surface area contributed by atoms with Crippen molar-refractivity contribution in [3.05, 3.63) is 30.1 Å². The van der Waals surface area contributed by atoms with Gasteiger partial charge in [-0.05, 0) is 45.7 Å². The van der Waals surface area contributed by atoms with Crippen LogP contribution in [0, 0.1) is 0 Å². The van der Waals surface area contributed by atoms with Crippen LogP contribution < -0.4 is 0 Å². The number of carbonyl (C=O) groups is 1. The molecule has 2 aromatic rings. The number of aromatic nitrogens is 2. The molecule has 134 valence electrons. The average molecular weight is 345 g/mol. The molecular weight excluding hydrogens is 322 g/mol. The molecule has 0 aliphatic carbocycles. The van der Waals surface area contributed by atoms with Gasteiger partial charge in [-0.3, -0.25) is 0 Å². The summed E-state index contributed by atoms with van der Waals surface area (Å²) < 4.78 is 5.43. The third-order valence-corrected chi connectivity index (χ3v) is 3.94. The molecule has 7 nitrogen and oxygen atoms in total. The van der Waals surface area contributed by atoms with Gasteiger partial charge in [0, 0.05) is 19.0 Å². The lowest BCUT2D eigenvalue weighted by Crippen LogP contribution is -2.41. The lowest BCUT2D eigenvalue weighted by atomic mass is 9.96. The number of amides is 1. The molecule has 1 aromatic carbocycles. The second-order valence-corrected chi connectivity index (χ2v) is 6.96. The number of para-hydroxylation sites is 2. The van der Waals surface area contributed by atoms with Crippen LogP contribution in [0.15, 0.2) is 24.3 Å². The zero-order valence-electron chi connectivity index (χ0n) is 14.7. The summed E-state index contributed by atoms with van der Waals surface area (Å²) in [5, 5.41) is 0. The molecule has 25 heavy (non-hydrogen) atoms. The maximum atomic E-state index is 12.1. The molecule has 2 heterocycles. The van der Waals surface area contributed by atoms with Crippen LogP contribution >= 0.6 is 0 Å². The maximum Gasteiger partial charge on any atom is 0.410 e. The molecule has 0 unspecified atom stereocenters. The summed E-state index contributed by atoms with van der Waals surface area (Å²) in [4.78, 5) is 38.2. The summed E-state index contributed by atoms with van der Waals surface area (Å²) in [7, 11) is 0. The molecule has 1 saturated heterocycles. The highest BCUT2D eigenvalue weighted by Crippen LogP contribution is 2.28. The number of fused-ring (bicyclic) bond motifs is 1. The van der Waals surface area contributed by atoms with E-state index >= 15 is 0 Å². The zero-order valence-corrected chi connectivity index (χ0v) is 14.7. The Kier molecular flexibility index (Phi) is 5.93. The van der Waals surface area contributed by atoms with E-state index in [2.05, 4.69) is 9.97 Å². The molecule has 7 heteroatoms. The Morgan fingerprint density at radius 2 is 1.84 bits per heavy atom. The van der Waals surface area contributed by atoms with Crippen molar-refractivity contribution in [1.82, 2.24) is 14.9 Å². The number of H-pyrrole nitrogens is 1. The molecule has 1 aromatic heterocycles. The van der Waals surface area contributed by atoms with Crippen molar-refractivity contribution in [2.75, 3.05) is 13.1 Å². The largest absolute Gasteiger partial charge is 0.444 e. The number of nitrogens with one attached hydrogen (secondary N) is 1. The van der Waals surface area contributed by atoms with Crippen molar-refractivity contribution in [1.29, 1.82) is 0 Å². The van der Waals surface area contributed by atoms with E-state index in [0.29, 0.717) is 5.92 Å². The Hall–Kier alpha value is -2.66. The molecule has 0 saturated carbocycles. The van der Waals surface area contributed by atoms with Crippen molar-refractivity contribution in [3.63, 3.8) is 0 Å². The van der Waals surface area contributed by atoms with E-state index in [1.807, 2.05) is 45.0 Å². The fourth-order valence-corrected chi connectivity index (χ4v) is 2.83. The number of hydrogen-bond donors (Lipinski definition) is 1. The van der Waals surface area contributed by atoms with E-state index in [4.69, 9.17) is 14.3 Å². The second kappa shape index (κ2) is 7.94. The Morgan fingerprint density at radius 3 is 2.40 bits per heavy atom. The van der Waals surface area contributed by atoms with Crippen molar-refractivity contribution >= 4 is 23.3 Å². The molecule has 0 atom stereocenters. The molecule has 1 fully saturated rings. The van der Waals surface area contributed by atoms with Crippen LogP contribution in [0.4, 0.5) is 4.79 Å². The maximum absolute atomic E-state index is 12.1. The first-order valence-electron chi connectivity index (χ1n) is 8.26. The summed E-state index contributed by atoms with van der Waals surface area (Å²) in [6, 6.07) is 8.07. The number of hydrogen-bond acceptors (Lipinski definition) is 5. The Bertz CT molecular complexity index is 716. The summed E-state index contributed by atoms with van der Waals surface area (Å²) in [6.45, 7) is 7.12. The number of nitrogens with zero attached hydrogens (tertiary/aromatic N) is 2. The average Bonchev–Trinajstić information content (AvgIpc) is 2.98. The SMILES string of the molecule is CC(C)(C)OC(=O)N1CCC(c2nc3ccccc3[nH]2)CC1.O=C=O. The van der Waals surface area contributed by atoms with E-state index < -0.39 is 5.60 Å². The van der Waals surface area contributed by atoms with Gasteiger partial charge in [-0.25, -0.2) is 9.78 Å². The lowest BCUT2D eigenvalue weighted by molar-refractivity contribution is -0.191. The summed E-state index contributed by atoms with van der Waals surface area (Å²) >= 11 is 0. The van der Waals surface area contributed by atoms with Crippen molar-refractivity contribution in [2.24, 2.45) is 0 Å². The Labute approximate surface area is 146 Å². The molecule has 1 amide bonds. The lowest BCUT2D eigenvalue weighted by Gasteiger charge is -2.32. The van der Waals surface area contributed by atoms with Crippen molar-refractivity contribution in [3.8, 4) is 0 Å². The highest BCUT2D eigenvalue weighted by Gasteiger charge is 2.28. The molecule has 0 spiro atoms. The quantitative estimate of drug-likeness (QED) is 0.857. The van der Waals surface area contributed by atoms with Crippen LogP contribution in [0.3, 0.4) is 0 Å². The van der Waals surface area contributed by atoms with Gasteiger partial charge in [-0.2, -0.15) is 9.59 Å². The van der Waals surface area contributed by atoms with Gasteiger partial charge in [0.15, 0.2) is 0 Å². The van der Waals surface area contributed by atoms with Crippen LogP contribution in [0.1, 0.15) is 45.4 Å². The highest BCUT2D eigenvalue weighted by molar-refractivity contribution is 5.74. The van der Waals surface area contributed by atoms with E-state index in [-0.39, 0.29) is 12.2 Å². The highest BCUT2D eigenvalue weighted by atomic mass is 16.6. The van der Waals surface area contributed by atoms with Gasteiger partial charge in [-0.15, -0.1) is 0 Å². The first kappa shape index (κ1) is 18.7. The van der Waals surface area contributed by atoms with Gasteiger partial charge < -0.3 is 14.6 Å². The van der Waals surface area contributed by atoms with Crippen LogP contribution in [0.2, 0.25) is 0 Å². The fourth-order valence-electron chi connectivity index (χ4n) is 2.83. The monoisotopic (exact) mass is 345 g/mol. The summed E-state index contributed by atoms with van der Waals surface area (Å²) in [5.74, 6) is 1.41. The number of carbonyl (C=O) groups excluding carboxylic acids is 3. The van der Waals surface area contributed by atoms with Gasteiger partial charge in [0.05, 0.1) is 11.0 Å². The minimum absolute atomic E-state index is 0.212. The van der Waals surface area contributed by atoms with E-state index in [1.165, 1.54) is 0 Å². The fraction of sp³-hybridized carbons (Fsp3) is 0.500. The van der Waals surface area contributed by atoms with Gasteiger partial charge in [0.25, 0.3) is 0 Å². The Morgan fingerprint density at radius 1 is 1.24 bits per heavy atom. The molecule has 0 radical (unpaired) electrons. The van der Waals surface area contributed by atoms with Gasteiger partial charge in [0.1, 0.15) is 11.4 Å². The number of ether oxygens (including phenoxy) is 1.